The van der Waals surface area contributed by atoms with Gasteiger partial charge >= 0.3 is 0 Å². The third-order valence-electron chi connectivity index (χ3n) is 4.69. The monoisotopic (exact) mass is 246 g/mol. The zero-order valence-corrected chi connectivity index (χ0v) is 9.25. The van der Waals surface area contributed by atoms with Gasteiger partial charge in [0, 0.05) is 11.8 Å². The van der Waals surface area contributed by atoms with Crippen LogP contribution in [0, 0.1) is 35.5 Å². The van der Waals surface area contributed by atoms with Crippen LogP contribution in [0.15, 0.2) is 12.2 Å². The molecule has 0 radical (unpaired) electrons. The van der Waals surface area contributed by atoms with Gasteiger partial charge in [-0.2, -0.15) is 0 Å². The molecule has 0 spiro atoms. The summed E-state index contributed by atoms with van der Waals surface area (Å²) in [5, 5.41) is 4.64. The molecule has 18 heavy (non-hydrogen) atoms. The van der Waals surface area contributed by atoms with Gasteiger partial charge in [0.15, 0.2) is 0 Å². The average Bonchev–Trinajstić information content (AvgIpc) is 2.81. The minimum Gasteiger partial charge on any atom is -0.296 e. The molecule has 3 fully saturated rings. The summed E-state index contributed by atoms with van der Waals surface area (Å²) in [6.07, 6.45) is 3.65. The van der Waals surface area contributed by atoms with Gasteiger partial charge in [0.25, 0.3) is 0 Å². The van der Waals surface area contributed by atoms with Gasteiger partial charge in [-0.3, -0.25) is 29.8 Å². The van der Waals surface area contributed by atoms with Crippen molar-refractivity contribution < 1.29 is 19.2 Å². The maximum Gasteiger partial charge on any atom is 0.231 e. The first kappa shape index (κ1) is 9.99. The van der Waals surface area contributed by atoms with Crippen molar-refractivity contribution in [1.82, 2.24) is 10.6 Å². The highest BCUT2D eigenvalue weighted by Crippen LogP contribution is 2.54. The first-order valence-corrected chi connectivity index (χ1v) is 5.97. The fourth-order valence-corrected chi connectivity index (χ4v) is 4.07. The summed E-state index contributed by atoms with van der Waals surface area (Å²) in [5.41, 5.74) is 0. The van der Waals surface area contributed by atoms with Crippen molar-refractivity contribution in [3.05, 3.63) is 12.2 Å². The van der Waals surface area contributed by atoms with Crippen LogP contribution in [0.4, 0.5) is 0 Å². The lowest BCUT2D eigenvalue weighted by atomic mass is 9.54. The molecule has 5 rings (SSSR count). The molecule has 2 saturated heterocycles. The standard InChI is InChI=1S/C12H10N2O4/c15-9-5-3-1-2-4(7(5)11(17)13-9)8-6(3)10(16)14-12(8)18/h1-8H,(H,13,15,17)(H,14,16,18)/t3?,4?,5-,6+,7-,8+. The van der Waals surface area contributed by atoms with Gasteiger partial charge in [-0.1, -0.05) is 12.2 Å². The largest absolute Gasteiger partial charge is 0.296 e. The number of allylic oxidation sites excluding steroid dienone is 2. The van der Waals surface area contributed by atoms with E-state index in [2.05, 4.69) is 10.6 Å². The number of hydrogen-bond donors (Lipinski definition) is 2. The van der Waals surface area contributed by atoms with E-state index in [1.54, 1.807) is 0 Å². The minimum absolute atomic E-state index is 0.310. The number of rotatable bonds is 0. The van der Waals surface area contributed by atoms with E-state index in [1.165, 1.54) is 0 Å². The van der Waals surface area contributed by atoms with E-state index >= 15 is 0 Å². The van der Waals surface area contributed by atoms with E-state index in [0.717, 1.165) is 0 Å². The zero-order valence-electron chi connectivity index (χ0n) is 9.25. The molecular weight excluding hydrogens is 236 g/mol. The van der Waals surface area contributed by atoms with Gasteiger partial charge in [-0.15, -0.1) is 0 Å². The van der Waals surface area contributed by atoms with Crippen molar-refractivity contribution in [3.63, 3.8) is 0 Å². The van der Waals surface area contributed by atoms with Crippen LogP contribution < -0.4 is 10.6 Å². The third kappa shape index (κ3) is 0.913. The van der Waals surface area contributed by atoms with Crippen molar-refractivity contribution in [2.24, 2.45) is 35.5 Å². The van der Waals surface area contributed by atoms with Crippen LogP contribution in [0.25, 0.3) is 0 Å². The average molecular weight is 246 g/mol. The Labute approximate surface area is 102 Å². The molecule has 0 aromatic rings. The highest BCUT2D eigenvalue weighted by molar-refractivity contribution is 6.10. The van der Waals surface area contributed by atoms with Crippen LogP contribution in [0.5, 0.6) is 0 Å². The maximum atomic E-state index is 11.8. The number of nitrogens with one attached hydrogen (secondary N) is 2. The molecule has 3 aliphatic carbocycles. The van der Waals surface area contributed by atoms with E-state index in [0.29, 0.717) is 0 Å². The van der Waals surface area contributed by atoms with Crippen LogP contribution in [-0.4, -0.2) is 23.6 Å². The molecule has 5 aliphatic rings. The van der Waals surface area contributed by atoms with E-state index in [9.17, 15) is 19.2 Å². The SMILES string of the molecule is O=C1NC(=O)[C@@H]2C3C=CC([C@@H]12)[C@@H]1C(=O)NC(=O)[C@@H]31. The van der Waals surface area contributed by atoms with Gasteiger partial charge in [-0.25, -0.2) is 0 Å². The lowest BCUT2D eigenvalue weighted by Crippen LogP contribution is -2.50. The van der Waals surface area contributed by atoms with E-state index in [1.807, 2.05) is 12.2 Å². The molecule has 0 aromatic carbocycles. The van der Waals surface area contributed by atoms with E-state index < -0.39 is 23.7 Å². The van der Waals surface area contributed by atoms with Crippen molar-refractivity contribution in [1.29, 1.82) is 0 Å². The highest BCUT2D eigenvalue weighted by Gasteiger charge is 2.65. The van der Waals surface area contributed by atoms with Gasteiger partial charge in [0.2, 0.25) is 23.6 Å². The van der Waals surface area contributed by atoms with E-state index in [4.69, 9.17) is 0 Å². The Morgan fingerprint density at radius 2 is 0.889 bits per heavy atom. The topological polar surface area (TPSA) is 92.3 Å². The molecule has 6 heteroatoms. The second-order valence-electron chi connectivity index (χ2n) is 5.35. The molecule has 6 nitrogen and oxygen atoms in total. The fraction of sp³-hybridized carbons (Fsp3) is 0.500. The third-order valence-corrected chi connectivity index (χ3v) is 4.69. The molecular formula is C12H10N2O4. The number of carbonyl (C=O) groups is 4. The van der Waals surface area contributed by atoms with Crippen molar-refractivity contribution in [2.75, 3.05) is 0 Å². The Kier molecular flexibility index (Phi) is 1.60. The fourth-order valence-electron chi connectivity index (χ4n) is 4.07. The Balaban J connectivity index is 1.88. The molecule has 2 aliphatic heterocycles. The summed E-state index contributed by atoms with van der Waals surface area (Å²) < 4.78 is 0. The Morgan fingerprint density at radius 1 is 0.611 bits per heavy atom. The number of carbonyl (C=O) groups excluding carboxylic acids is 4. The van der Waals surface area contributed by atoms with E-state index in [-0.39, 0.29) is 35.5 Å². The summed E-state index contributed by atoms with van der Waals surface area (Å²) in [6, 6.07) is 0. The number of amides is 4. The Morgan fingerprint density at radius 3 is 1.17 bits per heavy atom. The number of hydrogen-bond acceptors (Lipinski definition) is 4. The predicted molar refractivity (Wildman–Crippen MR) is 56.4 cm³/mol. The zero-order chi connectivity index (χ0) is 12.6. The quantitative estimate of drug-likeness (QED) is 0.405. The van der Waals surface area contributed by atoms with Crippen LogP contribution >= 0.6 is 0 Å². The summed E-state index contributed by atoms with van der Waals surface area (Å²) >= 11 is 0. The van der Waals surface area contributed by atoms with Crippen LogP contribution in [0.3, 0.4) is 0 Å². The van der Waals surface area contributed by atoms with Crippen molar-refractivity contribution in [2.45, 2.75) is 0 Å². The van der Waals surface area contributed by atoms with Crippen molar-refractivity contribution >= 4 is 23.6 Å². The molecule has 2 N–H and O–H groups in total. The van der Waals surface area contributed by atoms with Gasteiger partial charge in [0.1, 0.15) is 0 Å². The molecule has 4 amide bonds. The smallest absolute Gasteiger partial charge is 0.231 e. The van der Waals surface area contributed by atoms with Crippen molar-refractivity contribution in [3.8, 4) is 0 Å². The maximum absolute atomic E-state index is 11.8. The second-order valence-corrected chi connectivity index (χ2v) is 5.35. The molecule has 6 atom stereocenters. The second kappa shape index (κ2) is 2.88. The van der Waals surface area contributed by atoms with Gasteiger partial charge in [0.05, 0.1) is 23.7 Å². The number of imide groups is 2. The van der Waals surface area contributed by atoms with Crippen LogP contribution in [0.1, 0.15) is 0 Å². The predicted octanol–water partition coefficient (Wildman–Crippen LogP) is -1.42. The molecule has 2 heterocycles. The summed E-state index contributed by atoms with van der Waals surface area (Å²) in [5.74, 6) is -3.83. The minimum atomic E-state index is -0.481. The molecule has 0 aromatic heterocycles. The first-order valence-electron chi connectivity index (χ1n) is 5.97. The van der Waals surface area contributed by atoms with Crippen LogP contribution in [-0.2, 0) is 19.2 Å². The first-order chi connectivity index (χ1) is 8.59. The Bertz CT molecular complexity index is 464. The van der Waals surface area contributed by atoms with Gasteiger partial charge in [-0.05, 0) is 0 Å². The highest BCUT2D eigenvalue weighted by atomic mass is 16.2. The normalized spacial score (nSPS) is 48.0. The Hall–Kier alpha value is -1.98. The lowest BCUT2D eigenvalue weighted by Gasteiger charge is -2.44. The van der Waals surface area contributed by atoms with Gasteiger partial charge < -0.3 is 0 Å². The lowest BCUT2D eigenvalue weighted by molar-refractivity contribution is -0.137. The molecule has 1 saturated carbocycles. The molecule has 2 unspecified atom stereocenters. The van der Waals surface area contributed by atoms with Crippen LogP contribution in [0.2, 0.25) is 0 Å². The summed E-state index contributed by atoms with van der Waals surface area (Å²) in [6.45, 7) is 0. The summed E-state index contributed by atoms with van der Waals surface area (Å²) in [4.78, 5) is 47.2. The molecule has 2 bridgehead atoms. The molecule has 92 valence electrons. The summed E-state index contributed by atoms with van der Waals surface area (Å²) in [7, 11) is 0.